The van der Waals surface area contributed by atoms with Gasteiger partial charge in [-0.15, -0.1) is 0 Å². The van der Waals surface area contributed by atoms with Crippen molar-refractivity contribution in [1.82, 2.24) is 0 Å². The van der Waals surface area contributed by atoms with Gasteiger partial charge in [-0.1, -0.05) is 151 Å². The predicted molar refractivity (Wildman–Crippen MR) is 187 cm³/mol. The first-order valence-electron chi connectivity index (χ1n) is 16.3. The Morgan fingerprint density at radius 3 is 1.46 bits per heavy atom. The van der Waals surface area contributed by atoms with E-state index >= 15 is 0 Å². The van der Waals surface area contributed by atoms with E-state index in [1.165, 1.54) is 0 Å². The fourth-order valence-corrected chi connectivity index (χ4v) is 5.53. The monoisotopic (exact) mass is 636 g/mol. The van der Waals surface area contributed by atoms with Crippen LogP contribution in [0.5, 0.6) is 0 Å². The zero-order valence-corrected chi connectivity index (χ0v) is 26.9. The summed E-state index contributed by atoms with van der Waals surface area (Å²) in [6.07, 6.45) is -0.310. The number of benzene rings is 5. The van der Waals surface area contributed by atoms with Crippen molar-refractivity contribution in [3.8, 4) is 11.8 Å². The average molecular weight is 637 g/mol. The summed E-state index contributed by atoms with van der Waals surface area (Å²) in [5.74, 6) is 7.03. The summed E-state index contributed by atoms with van der Waals surface area (Å²) >= 11 is 0. The van der Waals surface area contributed by atoms with Crippen molar-refractivity contribution < 1.29 is 23.7 Å². The van der Waals surface area contributed by atoms with Crippen LogP contribution in [0.4, 0.5) is 0 Å². The first kappa shape index (κ1) is 33.0. The fourth-order valence-electron chi connectivity index (χ4n) is 5.53. The van der Waals surface area contributed by atoms with E-state index in [-0.39, 0.29) is 6.61 Å². The Hall–Kier alpha value is -4.96. The topological polar surface area (TPSA) is 46.2 Å². The molecule has 1 fully saturated rings. The van der Waals surface area contributed by atoms with Gasteiger partial charge in [0.2, 0.25) is 0 Å². The van der Waals surface area contributed by atoms with E-state index in [4.69, 9.17) is 23.7 Å². The maximum atomic E-state index is 6.79. The van der Waals surface area contributed by atoms with Crippen LogP contribution in [0.25, 0.3) is 0 Å². The summed E-state index contributed by atoms with van der Waals surface area (Å²) in [6, 6.07) is 50.4. The van der Waals surface area contributed by atoms with E-state index in [2.05, 4.69) is 48.2 Å². The Balaban J connectivity index is 1.33. The summed E-state index contributed by atoms with van der Waals surface area (Å²) in [6.45, 7) is 1.86. The van der Waals surface area contributed by atoms with Crippen LogP contribution in [0.3, 0.4) is 0 Å². The van der Waals surface area contributed by atoms with Gasteiger partial charge in [0.15, 0.2) is 6.10 Å². The maximum absolute atomic E-state index is 6.79. The van der Waals surface area contributed by atoms with Crippen molar-refractivity contribution >= 4 is 0 Å². The predicted octanol–water partition coefficient (Wildman–Crippen LogP) is 8.29. The van der Waals surface area contributed by atoms with Gasteiger partial charge in [0.1, 0.15) is 24.1 Å². The van der Waals surface area contributed by atoms with Crippen LogP contribution >= 0.6 is 0 Å². The molecule has 0 radical (unpaired) electrons. The van der Waals surface area contributed by atoms with Crippen LogP contribution in [0.15, 0.2) is 163 Å². The smallest absolute Gasteiger partial charge is 0.150 e. The van der Waals surface area contributed by atoms with Crippen LogP contribution in [-0.4, -0.2) is 31.0 Å². The molecule has 1 aliphatic heterocycles. The van der Waals surface area contributed by atoms with E-state index in [1.54, 1.807) is 6.08 Å². The van der Waals surface area contributed by atoms with Crippen molar-refractivity contribution in [2.24, 2.45) is 0 Å². The Morgan fingerprint density at radius 2 is 0.938 bits per heavy atom. The van der Waals surface area contributed by atoms with Crippen LogP contribution in [0.2, 0.25) is 0 Å². The van der Waals surface area contributed by atoms with Gasteiger partial charge in [-0.05, 0) is 34.4 Å². The second kappa shape index (κ2) is 17.8. The minimum Gasteiger partial charge on any atom is -0.486 e. The first-order chi connectivity index (χ1) is 23.8. The highest BCUT2D eigenvalue weighted by Crippen LogP contribution is 2.33. The summed E-state index contributed by atoms with van der Waals surface area (Å²) in [7, 11) is 0. The van der Waals surface area contributed by atoms with E-state index in [1.807, 2.05) is 115 Å². The summed E-state index contributed by atoms with van der Waals surface area (Å²) < 4.78 is 33.2. The largest absolute Gasteiger partial charge is 0.486 e. The molecule has 0 saturated carbocycles. The number of hydrogen-bond donors (Lipinski definition) is 0. The molecule has 1 heterocycles. The molecule has 5 aromatic carbocycles. The molecule has 242 valence electrons. The highest BCUT2D eigenvalue weighted by Gasteiger charge is 2.46. The molecule has 0 aliphatic carbocycles. The number of ether oxygens (including phenoxy) is 5. The third-order valence-electron chi connectivity index (χ3n) is 8.00. The van der Waals surface area contributed by atoms with E-state index in [0.29, 0.717) is 32.2 Å². The minimum atomic E-state index is -0.592. The Morgan fingerprint density at radius 1 is 0.500 bits per heavy atom. The van der Waals surface area contributed by atoms with Gasteiger partial charge in [0.05, 0.1) is 33.0 Å². The molecular weight excluding hydrogens is 596 g/mol. The third kappa shape index (κ3) is 9.78. The molecule has 4 atom stereocenters. The minimum absolute atomic E-state index is 0.286. The summed E-state index contributed by atoms with van der Waals surface area (Å²) in [4.78, 5) is 0. The molecule has 0 unspecified atom stereocenters. The lowest BCUT2D eigenvalue weighted by Gasteiger charge is -2.43. The summed E-state index contributed by atoms with van der Waals surface area (Å²) in [5.41, 5.74) is 5.15. The Labute approximate surface area is 283 Å². The van der Waals surface area contributed by atoms with Crippen molar-refractivity contribution in [1.29, 1.82) is 0 Å². The number of allylic oxidation sites excluding steroid dienone is 1. The normalized spacial score (nSPS) is 19.6. The maximum Gasteiger partial charge on any atom is 0.150 e. The van der Waals surface area contributed by atoms with Gasteiger partial charge in [0.25, 0.3) is 0 Å². The molecular formula is C43H40O5. The quantitative estimate of drug-likeness (QED) is 0.122. The lowest BCUT2D eigenvalue weighted by atomic mass is 9.96. The zero-order chi connectivity index (χ0) is 32.6. The van der Waals surface area contributed by atoms with Gasteiger partial charge >= 0.3 is 0 Å². The summed E-state index contributed by atoms with van der Waals surface area (Å²) in [5, 5.41) is 0. The molecule has 48 heavy (non-hydrogen) atoms. The molecule has 5 aromatic rings. The molecule has 0 bridgehead atoms. The second-order valence-corrected chi connectivity index (χ2v) is 11.6. The van der Waals surface area contributed by atoms with Crippen molar-refractivity contribution in [3.63, 3.8) is 0 Å². The average Bonchev–Trinajstić information content (AvgIpc) is 3.15. The van der Waals surface area contributed by atoms with Crippen LogP contribution in [-0.2, 0) is 50.1 Å². The van der Waals surface area contributed by atoms with Crippen LogP contribution < -0.4 is 0 Å². The molecule has 0 N–H and O–H groups in total. The molecule has 6 rings (SSSR count). The molecule has 0 spiro atoms. The second-order valence-electron chi connectivity index (χ2n) is 11.6. The highest BCUT2D eigenvalue weighted by atomic mass is 16.6. The molecule has 0 aromatic heterocycles. The van der Waals surface area contributed by atoms with Crippen LogP contribution in [0.1, 0.15) is 27.8 Å². The molecule has 5 heteroatoms. The van der Waals surface area contributed by atoms with E-state index in [9.17, 15) is 0 Å². The number of hydrogen-bond acceptors (Lipinski definition) is 5. The van der Waals surface area contributed by atoms with E-state index < -0.39 is 24.4 Å². The van der Waals surface area contributed by atoms with Gasteiger partial charge in [-0.3, -0.25) is 0 Å². The molecule has 1 aliphatic rings. The standard InChI is InChI=1S/C43H40O5/c1-6-17-34(18-7-1)27-16-28-39-41(45-30-36-21-10-3-11-22-36)43(47-32-38-25-14-5-15-26-38)42(46-31-37-23-12-4-13-24-37)40(48-39)33-44-29-35-19-8-2-9-20-35/h1-15,17-26,28,40-43H,29-33H2/b39-28-/t40-,41-,42-,43-/m1/s1. The zero-order valence-electron chi connectivity index (χ0n) is 26.9. The lowest BCUT2D eigenvalue weighted by molar-refractivity contribution is -0.223. The molecule has 5 nitrogen and oxygen atoms in total. The van der Waals surface area contributed by atoms with Crippen molar-refractivity contribution in [3.05, 3.63) is 191 Å². The number of rotatable bonds is 13. The fraction of sp³-hybridized carbons (Fsp3) is 0.209. The van der Waals surface area contributed by atoms with Crippen molar-refractivity contribution in [2.75, 3.05) is 6.61 Å². The SMILES string of the molecule is C(#Cc1ccccc1)/C=C1\O[C@H](COCc2ccccc2)[C@@H](OCc2ccccc2)[C@H](OCc2ccccc2)[C@@H]1OCc1ccccc1. The molecule has 0 amide bonds. The Kier molecular flexibility index (Phi) is 12.2. The van der Waals surface area contributed by atoms with Gasteiger partial charge in [-0.2, -0.15) is 0 Å². The third-order valence-corrected chi connectivity index (χ3v) is 8.00. The van der Waals surface area contributed by atoms with Gasteiger partial charge in [-0.25, -0.2) is 0 Å². The molecule has 1 saturated heterocycles. The lowest BCUT2D eigenvalue weighted by Crippen LogP contribution is -2.56. The van der Waals surface area contributed by atoms with Gasteiger partial charge in [0, 0.05) is 11.6 Å². The van der Waals surface area contributed by atoms with Gasteiger partial charge < -0.3 is 23.7 Å². The van der Waals surface area contributed by atoms with Crippen LogP contribution in [0, 0.1) is 11.8 Å². The highest BCUT2D eigenvalue weighted by molar-refractivity contribution is 5.37. The first-order valence-corrected chi connectivity index (χ1v) is 16.3. The Bertz CT molecular complexity index is 1730. The van der Waals surface area contributed by atoms with Crippen molar-refractivity contribution in [2.45, 2.75) is 50.8 Å². The van der Waals surface area contributed by atoms with E-state index in [0.717, 1.165) is 27.8 Å².